The Hall–Kier alpha value is -0.880. The number of nitrogens with zero attached hydrogens (tertiary/aromatic N) is 1. The van der Waals surface area contributed by atoms with Crippen LogP contribution < -0.4 is 5.32 Å². The molecule has 19 heavy (non-hydrogen) atoms. The molecule has 1 aliphatic heterocycles. The first-order valence-corrected chi connectivity index (χ1v) is 7.46. The highest BCUT2D eigenvalue weighted by Gasteiger charge is 2.26. The number of carbonyl (C=O) groups excluding carboxylic acids is 1. The fraction of sp³-hybridized carbons (Fsp3) is 0.692. The SMILES string of the molecule is CC(C)c1[nH]nc(C(=O)N[C@@H](C)[C@@H]2CCCO2)c1Br. The zero-order valence-corrected chi connectivity index (χ0v) is 13.1. The minimum Gasteiger partial charge on any atom is -0.376 e. The third kappa shape index (κ3) is 3.17. The number of aromatic amines is 1. The number of rotatable bonds is 4. The Kier molecular flexibility index (Phi) is 4.62. The first kappa shape index (κ1) is 14.5. The highest BCUT2D eigenvalue weighted by molar-refractivity contribution is 9.10. The lowest BCUT2D eigenvalue weighted by atomic mass is 10.1. The summed E-state index contributed by atoms with van der Waals surface area (Å²) < 4.78 is 6.32. The largest absolute Gasteiger partial charge is 0.376 e. The minimum absolute atomic E-state index is 0.00102. The van der Waals surface area contributed by atoms with Crippen LogP contribution in [0.2, 0.25) is 0 Å². The van der Waals surface area contributed by atoms with Crippen molar-refractivity contribution in [1.82, 2.24) is 15.5 Å². The van der Waals surface area contributed by atoms with Crippen molar-refractivity contribution < 1.29 is 9.53 Å². The number of halogens is 1. The van der Waals surface area contributed by atoms with E-state index in [1.807, 2.05) is 6.92 Å². The maximum atomic E-state index is 12.2. The first-order valence-electron chi connectivity index (χ1n) is 6.67. The molecule has 0 saturated carbocycles. The average Bonchev–Trinajstić information content (AvgIpc) is 2.96. The summed E-state index contributed by atoms with van der Waals surface area (Å²) in [6, 6.07) is 0.00102. The Morgan fingerprint density at radius 3 is 2.79 bits per heavy atom. The molecule has 0 radical (unpaired) electrons. The summed E-state index contributed by atoms with van der Waals surface area (Å²) >= 11 is 3.44. The molecule has 2 heterocycles. The van der Waals surface area contributed by atoms with Crippen molar-refractivity contribution in [2.75, 3.05) is 6.61 Å². The molecule has 0 unspecified atom stereocenters. The number of H-pyrrole nitrogens is 1. The van der Waals surface area contributed by atoms with Gasteiger partial charge in [-0.05, 0) is 41.6 Å². The molecule has 5 nitrogen and oxygen atoms in total. The summed E-state index contributed by atoms with van der Waals surface area (Å²) in [7, 11) is 0. The van der Waals surface area contributed by atoms with Crippen LogP contribution in [0, 0.1) is 0 Å². The Bertz CT molecular complexity index is 453. The Labute approximate surface area is 121 Å². The zero-order chi connectivity index (χ0) is 14.0. The lowest BCUT2D eigenvalue weighted by Gasteiger charge is -2.19. The predicted octanol–water partition coefficient (Wildman–Crippen LogP) is 2.59. The molecule has 1 saturated heterocycles. The molecule has 2 N–H and O–H groups in total. The maximum absolute atomic E-state index is 12.2. The number of ether oxygens (including phenoxy) is 1. The van der Waals surface area contributed by atoms with Crippen LogP contribution >= 0.6 is 15.9 Å². The van der Waals surface area contributed by atoms with E-state index in [2.05, 4.69) is 45.3 Å². The van der Waals surface area contributed by atoms with Crippen molar-refractivity contribution in [3.8, 4) is 0 Å². The summed E-state index contributed by atoms with van der Waals surface area (Å²) in [6.45, 7) is 6.86. The van der Waals surface area contributed by atoms with Gasteiger partial charge in [0, 0.05) is 6.61 Å². The lowest BCUT2D eigenvalue weighted by molar-refractivity contribution is 0.0709. The minimum atomic E-state index is -0.168. The molecule has 2 atom stereocenters. The van der Waals surface area contributed by atoms with Crippen LogP contribution in [0.4, 0.5) is 0 Å². The molecule has 1 aromatic rings. The van der Waals surface area contributed by atoms with Crippen molar-refractivity contribution in [1.29, 1.82) is 0 Å². The molecule has 0 spiro atoms. The monoisotopic (exact) mass is 329 g/mol. The Morgan fingerprint density at radius 1 is 1.53 bits per heavy atom. The first-order chi connectivity index (χ1) is 9.00. The number of hydrogen-bond acceptors (Lipinski definition) is 3. The van der Waals surface area contributed by atoms with Crippen LogP contribution in [-0.4, -0.2) is 34.9 Å². The normalized spacial score (nSPS) is 20.8. The molecule has 0 aromatic carbocycles. The molecule has 1 aromatic heterocycles. The van der Waals surface area contributed by atoms with E-state index in [0.717, 1.165) is 29.6 Å². The molecule has 106 valence electrons. The third-order valence-corrected chi connectivity index (χ3v) is 4.21. The van der Waals surface area contributed by atoms with Gasteiger partial charge in [0.05, 0.1) is 22.3 Å². The molecular weight excluding hydrogens is 310 g/mol. The highest BCUT2D eigenvalue weighted by atomic mass is 79.9. The van der Waals surface area contributed by atoms with Crippen LogP contribution in [0.1, 0.15) is 55.7 Å². The van der Waals surface area contributed by atoms with Gasteiger partial charge in [-0.3, -0.25) is 9.89 Å². The molecule has 0 bridgehead atoms. The van der Waals surface area contributed by atoms with Crippen molar-refractivity contribution in [3.63, 3.8) is 0 Å². The smallest absolute Gasteiger partial charge is 0.273 e. The van der Waals surface area contributed by atoms with E-state index >= 15 is 0 Å². The van der Waals surface area contributed by atoms with Crippen molar-refractivity contribution in [2.24, 2.45) is 0 Å². The molecule has 0 aliphatic carbocycles. The fourth-order valence-corrected chi connectivity index (χ4v) is 3.06. The van der Waals surface area contributed by atoms with Crippen LogP contribution in [-0.2, 0) is 4.74 Å². The van der Waals surface area contributed by atoms with Crippen molar-refractivity contribution in [2.45, 2.75) is 51.7 Å². The number of amides is 1. The van der Waals surface area contributed by atoms with Crippen LogP contribution in [0.3, 0.4) is 0 Å². The maximum Gasteiger partial charge on any atom is 0.273 e. The van der Waals surface area contributed by atoms with Gasteiger partial charge in [-0.2, -0.15) is 5.10 Å². The molecule has 1 fully saturated rings. The molecule has 2 rings (SSSR count). The van der Waals surface area contributed by atoms with E-state index in [1.54, 1.807) is 0 Å². The van der Waals surface area contributed by atoms with Gasteiger partial charge in [0.1, 0.15) is 0 Å². The van der Waals surface area contributed by atoms with Gasteiger partial charge in [-0.1, -0.05) is 13.8 Å². The van der Waals surface area contributed by atoms with Gasteiger partial charge in [0.2, 0.25) is 0 Å². The van der Waals surface area contributed by atoms with Crippen LogP contribution in [0.25, 0.3) is 0 Å². The number of aromatic nitrogens is 2. The van der Waals surface area contributed by atoms with E-state index in [9.17, 15) is 4.79 Å². The summed E-state index contributed by atoms with van der Waals surface area (Å²) in [5.74, 6) is 0.122. The predicted molar refractivity (Wildman–Crippen MR) is 76.3 cm³/mol. The van der Waals surface area contributed by atoms with Gasteiger partial charge < -0.3 is 10.1 Å². The van der Waals surface area contributed by atoms with Crippen molar-refractivity contribution in [3.05, 3.63) is 15.9 Å². The summed E-state index contributed by atoms with van der Waals surface area (Å²) in [6.07, 6.45) is 2.18. The Balaban J connectivity index is 2.03. The van der Waals surface area contributed by atoms with Crippen LogP contribution in [0.15, 0.2) is 4.47 Å². The molecular formula is C13H20BrN3O2. The van der Waals surface area contributed by atoms with Gasteiger partial charge in [-0.25, -0.2) is 0 Å². The molecule has 6 heteroatoms. The topological polar surface area (TPSA) is 67.0 Å². The average molecular weight is 330 g/mol. The lowest BCUT2D eigenvalue weighted by Crippen LogP contribution is -2.41. The second-order valence-electron chi connectivity index (χ2n) is 5.27. The van der Waals surface area contributed by atoms with Gasteiger partial charge in [0.25, 0.3) is 5.91 Å². The molecule has 1 aliphatic rings. The van der Waals surface area contributed by atoms with Gasteiger partial charge in [0.15, 0.2) is 5.69 Å². The highest BCUT2D eigenvalue weighted by Crippen LogP contribution is 2.25. The van der Waals surface area contributed by atoms with E-state index in [1.165, 1.54) is 0 Å². The van der Waals surface area contributed by atoms with E-state index in [-0.39, 0.29) is 18.1 Å². The second kappa shape index (κ2) is 6.05. The third-order valence-electron chi connectivity index (χ3n) is 3.41. The number of carbonyl (C=O) groups is 1. The Morgan fingerprint density at radius 2 is 2.26 bits per heavy atom. The summed E-state index contributed by atoms with van der Waals surface area (Å²) in [4.78, 5) is 12.2. The molecule has 1 amide bonds. The summed E-state index contributed by atoms with van der Waals surface area (Å²) in [5, 5.41) is 9.95. The van der Waals surface area contributed by atoms with Gasteiger partial charge in [-0.15, -0.1) is 0 Å². The van der Waals surface area contributed by atoms with E-state index < -0.39 is 0 Å². The fourth-order valence-electron chi connectivity index (χ4n) is 2.24. The second-order valence-corrected chi connectivity index (χ2v) is 6.06. The number of nitrogens with one attached hydrogen (secondary N) is 2. The quantitative estimate of drug-likeness (QED) is 0.892. The zero-order valence-electron chi connectivity index (χ0n) is 11.5. The number of hydrogen-bond donors (Lipinski definition) is 2. The van der Waals surface area contributed by atoms with Crippen LogP contribution in [0.5, 0.6) is 0 Å². The summed E-state index contributed by atoms with van der Waals surface area (Å²) in [5.41, 5.74) is 1.35. The van der Waals surface area contributed by atoms with E-state index in [0.29, 0.717) is 11.6 Å². The van der Waals surface area contributed by atoms with Gasteiger partial charge >= 0.3 is 0 Å². The van der Waals surface area contributed by atoms with E-state index in [4.69, 9.17) is 4.74 Å². The standard InChI is InChI=1S/C13H20BrN3O2/c1-7(2)11-10(14)12(17-16-11)13(18)15-8(3)9-5-4-6-19-9/h7-9H,4-6H2,1-3H3,(H,15,18)(H,16,17)/t8-,9-/m0/s1. The van der Waals surface area contributed by atoms with Crippen molar-refractivity contribution >= 4 is 21.8 Å².